The van der Waals surface area contributed by atoms with Gasteiger partial charge in [-0.2, -0.15) is 0 Å². The molecule has 0 aromatic heterocycles. The number of benzene rings is 7. The zero-order valence-electron chi connectivity index (χ0n) is 23.3. The first-order valence-electron chi connectivity index (χ1n) is 15.1. The van der Waals surface area contributed by atoms with Crippen molar-refractivity contribution in [3.63, 3.8) is 0 Å². The average molecular weight is 610 g/mol. The van der Waals surface area contributed by atoms with Crippen molar-refractivity contribution in [2.24, 2.45) is 0 Å². The molecule has 0 aliphatic heterocycles. The third kappa shape index (κ3) is 3.05. The van der Waals surface area contributed by atoms with Gasteiger partial charge in [0.1, 0.15) is 0 Å². The minimum atomic E-state index is 0.364. The van der Waals surface area contributed by atoms with Crippen LogP contribution in [0.15, 0.2) is 144 Å². The van der Waals surface area contributed by atoms with Crippen molar-refractivity contribution in [3.8, 4) is 44.5 Å². The minimum absolute atomic E-state index is 0.364. The van der Waals surface area contributed by atoms with Gasteiger partial charge in [0.2, 0.25) is 0 Å². The molecule has 0 fully saturated rings. The van der Waals surface area contributed by atoms with Crippen molar-refractivity contribution >= 4 is 48.2 Å². The van der Waals surface area contributed by atoms with Gasteiger partial charge < -0.3 is 0 Å². The second-order valence-electron chi connectivity index (χ2n) is 12.0. The van der Waals surface area contributed by atoms with Crippen LogP contribution in [-0.4, -0.2) is 0 Å². The van der Waals surface area contributed by atoms with Crippen LogP contribution in [0.1, 0.15) is 23.0 Å². The van der Waals surface area contributed by atoms with Gasteiger partial charge in [-0.15, -0.1) is 0 Å². The van der Waals surface area contributed by atoms with Crippen LogP contribution in [0.25, 0.3) is 76.8 Å². The van der Waals surface area contributed by atoms with Gasteiger partial charge in [0.25, 0.3) is 0 Å². The van der Waals surface area contributed by atoms with Crippen LogP contribution in [0.4, 0.5) is 0 Å². The summed E-state index contributed by atoms with van der Waals surface area (Å²) < 4.78 is 1.14. The molecular formula is C42H25Br. The second-order valence-corrected chi connectivity index (χ2v) is 12.9. The summed E-state index contributed by atoms with van der Waals surface area (Å²) in [7, 11) is 0. The van der Waals surface area contributed by atoms with Gasteiger partial charge in [0, 0.05) is 16.3 Å². The molecule has 200 valence electrons. The Labute approximate surface area is 258 Å². The number of rotatable bonds is 2. The summed E-state index contributed by atoms with van der Waals surface area (Å²) in [4.78, 5) is 0. The fourth-order valence-corrected chi connectivity index (χ4v) is 8.85. The Morgan fingerprint density at radius 1 is 0.419 bits per heavy atom. The molecule has 43 heavy (non-hydrogen) atoms. The zero-order chi connectivity index (χ0) is 28.2. The number of fused-ring (bicyclic) bond motifs is 8. The summed E-state index contributed by atoms with van der Waals surface area (Å²) in [5.74, 6) is 0.752. The van der Waals surface area contributed by atoms with E-state index < -0.39 is 0 Å². The molecule has 0 heterocycles. The van der Waals surface area contributed by atoms with Crippen LogP contribution in [0.5, 0.6) is 0 Å². The quantitative estimate of drug-likeness (QED) is 0.171. The van der Waals surface area contributed by atoms with E-state index in [2.05, 4.69) is 155 Å². The standard InChI is InChI=1S/C42H25Br/c43-35-22-21-32-39-29(35)18-10-20-31(39)41-36(24-11-3-1-4-12-24)34-23-33-27-16-8-7-15-26(27)28-17-9-19-30(38(28)33)40(34)37(42(32)41)25-13-5-2-6-14-25/h1-23,26-27H. The lowest BCUT2D eigenvalue weighted by atomic mass is 9.80. The van der Waals surface area contributed by atoms with Gasteiger partial charge in [-0.3, -0.25) is 0 Å². The summed E-state index contributed by atoms with van der Waals surface area (Å²) >= 11 is 3.89. The highest BCUT2D eigenvalue weighted by Crippen LogP contribution is 2.61. The first-order valence-corrected chi connectivity index (χ1v) is 15.9. The SMILES string of the molecule is Brc1ccc2c3c(cccc13)-c1c-2c(-c2ccccc2)c2c(cc3c4c(cccc42)C2C=CC=CC32)c1-c1ccccc1. The van der Waals surface area contributed by atoms with Crippen LogP contribution in [-0.2, 0) is 0 Å². The molecule has 3 aliphatic carbocycles. The first-order chi connectivity index (χ1) is 21.3. The minimum Gasteiger partial charge on any atom is -0.0761 e. The van der Waals surface area contributed by atoms with Crippen LogP contribution in [0, 0.1) is 0 Å². The molecule has 2 atom stereocenters. The lowest BCUT2D eigenvalue weighted by Crippen LogP contribution is -2.02. The molecule has 0 bridgehead atoms. The molecule has 7 aromatic carbocycles. The molecule has 0 saturated heterocycles. The van der Waals surface area contributed by atoms with E-state index in [1.807, 2.05) is 0 Å². The van der Waals surface area contributed by atoms with Crippen molar-refractivity contribution in [3.05, 3.63) is 155 Å². The zero-order valence-corrected chi connectivity index (χ0v) is 24.9. The maximum atomic E-state index is 3.89. The molecule has 7 aromatic rings. The van der Waals surface area contributed by atoms with E-state index in [1.165, 1.54) is 88.0 Å². The highest BCUT2D eigenvalue weighted by Gasteiger charge is 2.36. The van der Waals surface area contributed by atoms with Crippen molar-refractivity contribution in [1.82, 2.24) is 0 Å². The van der Waals surface area contributed by atoms with E-state index in [9.17, 15) is 0 Å². The molecule has 3 aliphatic rings. The maximum absolute atomic E-state index is 3.89. The van der Waals surface area contributed by atoms with E-state index in [-0.39, 0.29) is 0 Å². The van der Waals surface area contributed by atoms with Crippen LogP contribution in [0.2, 0.25) is 0 Å². The van der Waals surface area contributed by atoms with E-state index in [4.69, 9.17) is 0 Å². The normalized spacial score (nSPS) is 17.2. The highest BCUT2D eigenvalue weighted by molar-refractivity contribution is 9.10. The monoisotopic (exact) mass is 608 g/mol. The average Bonchev–Trinajstić information content (AvgIpc) is 3.57. The highest BCUT2D eigenvalue weighted by atomic mass is 79.9. The Bertz CT molecular complexity index is 2390. The molecular weight excluding hydrogens is 584 g/mol. The Hall–Kier alpha value is -4.72. The molecule has 2 unspecified atom stereocenters. The fraction of sp³-hybridized carbons (Fsp3) is 0.0476. The second kappa shape index (κ2) is 8.66. The van der Waals surface area contributed by atoms with Crippen molar-refractivity contribution in [2.75, 3.05) is 0 Å². The van der Waals surface area contributed by atoms with Crippen molar-refractivity contribution < 1.29 is 0 Å². The summed E-state index contributed by atoms with van der Waals surface area (Å²) in [6.07, 6.45) is 9.26. The summed E-state index contributed by atoms with van der Waals surface area (Å²) in [6.45, 7) is 0. The Kier molecular flexibility index (Phi) is 4.79. The predicted molar refractivity (Wildman–Crippen MR) is 186 cm³/mol. The lowest BCUT2D eigenvalue weighted by Gasteiger charge is -2.23. The summed E-state index contributed by atoms with van der Waals surface area (Å²) in [5, 5.41) is 8.12. The Morgan fingerprint density at radius 2 is 1.05 bits per heavy atom. The Morgan fingerprint density at radius 3 is 1.81 bits per heavy atom. The third-order valence-electron chi connectivity index (χ3n) is 10.00. The lowest BCUT2D eigenvalue weighted by molar-refractivity contribution is 0.769. The predicted octanol–water partition coefficient (Wildman–Crippen LogP) is 12.2. The van der Waals surface area contributed by atoms with Gasteiger partial charge in [0.15, 0.2) is 0 Å². The van der Waals surface area contributed by atoms with E-state index in [0.717, 1.165) is 4.47 Å². The summed E-state index contributed by atoms with van der Waals surface area (Å²) in [6, 6.07) is 43.1. The smallest absolute Gasteiger partial charge is 0.0254 e. The number of halogens is 1. The molecule has 0 spiro atoms. The largest absolute Gasteiger partial charge is 0.0761 e. The van der Waals surface area contributed by atoms with E-state index >= 15 is 0 Å². The maximum Gasteiger partial charge on any atom is 0.0254 e. The van der Waals surface area contributed by atoms with E-state index in [1.54, 1.807) is 0 Å². The molecule has 1 heteroatoms. The fourth-order valence-electron chi connectivity index (χ4n) is 8.39. The number of allylic oxidation sites excluding steroid dienone is 4. The number of hydrogen-bond acceptors (Lipinski definition) is 0. The van der Waals surface area contributed by atoms with Crippen molar-refractivity contribution in [2.45, 2.75) is 11.8 Å². The molecule has 0 saturated carbocycles. The van der Waals surface area contributed by atoms with Gasteiger partial charge >= 0.3 is 0 Å². The first kappa shape index (κ1) is 23.8. The van der Waals surface area contributed by atoms with Gasteiger partial charge in [-0.1, -0.05) is 143 Å². The van der Waals surface area contributed by atoms with Crippen molar-refractivity contribution in [1.29, 1.82) is 0 Å². The topological polar surface area (TPSA) is 0 Å². The molecule has 0 radical (unpaired) electrons. The van der Waals surface area contributed by atoms with Crippen LogP contribution >= 0.6 is 15.9 Å². The summed E-state index contributed by atoms with van der Waals surface area (Å²) in [5.41, 5.74) is 13.5. The Balaban J connectivity index is 1.51. The van der Waals surface area contributed by atoms with Crippen LogP contribution in [0.3, 0.4) is 0 Å². The van der Waals surface area contributed by atoms with Crippen LogP contribution < -0.4 is 0 Å². The van der Waals surface area contributed by atoms with Gasteiger partial charge in [0.05, 0.1) is 0 Å². The van der Waals surface area contributed by atoms with Gasteiger partial charge in [-0.25, -0.2) is 0 Å². The molecule has 10 rings (SSSR count). The van der Waals surface area contributed by atoms with Gasteiger partial charge in [-0.05, 0) is 100 Å². The molecule has 0 nitrogen and oxygen atoms in total. The molecule has 0 N–H and O–H groups in total. The number of hydrogen-bond donors (Lipinski definition) is 0. The molecule has 0 amide bonds. The third-order valence-corrected chi connectivity index (χ3v) is 10.7. The van der Waals surface area contributed by atoms with E-state index in [0.29, 0.717) is 11.8 Å².